The number of carboxylic acids is 1. The molecule has 1 spiro atoms. The molecule has 3 rings (SSSR count). The summed E-state index contributed by atoms with van der Waals surface area (Å²) in [6.07, 6.45) is 0.248. The zero-order valence-corrected chi connectivity index (χ0v) is 16.1. The van der Waals surface area contributed by atoms with E-state index in [1.165, 1.54) is 0 Å². The van der Waals surface area contributed by atoms with Gasteiger partial charge in [0.15, 0.2) is 0 Å². The first-order valence-corrected chi connectivity index (χ1v) is 9.67. The van der Waals surface area contributed by atoms with E-state index in [1.54, 1.807) is 9.80 Å². The summed E-state index contributed by atoms with van der Waals surface area (Å²) in [5.41, 5.74) is -0.162. The highest BCUT2D eigenvalue weighted by Crippen LogP contribution is 2.38. The first-order chi connectivity index (χ1) is 13.9. The summed E-state index contributed by atoms with van der Waals surface area (Å²) >= 11 is 0. The van der Waals surface area contributed by atoms with Gasteiger partial charge in [0.2, 0.25) is 5.91 Å². The lowest BCUT2D eigenvalue weighted by atomic mass is 9.85. The quantitative estimate of drug-likeness (QED) is 0.646. The largest absolute Gasteiger partial charge is 0.481 e. The van der Waals surface area contributed by atoms with Crippen LogP contribution >= 0.6 is 0 Å². The first kappa shape index (κ1) is 20.8. The maximum absolute atomic E-state index is 13.1. The number of rotatable bonds is 7. The van der Waals surface area contributed by atoms with Gasteiger partial charge in [-0.1, -0.05) is 30.3 Å². The van der Waals surface area contributed by atoms with Gasteiger partial charge in [-0.05, 0) is 18.4 Å². The van der Waals surface area contributed by atoms with Crippen molar-refractivity contribution in [3.8, 4) is 0 Å². The monoisotopic (exact) mass is 403 g/mol. The molecule has 2 heterocycles. The van der Waals surface area contributed by atoms with E-state index in [-0.39, 0.29) is 70.3 Å². The summed E-state index contributed by atoms with van der Waals surface area (Å²) in [5, 5.41) is 18.0. The van der Waals surface area contributed by atoms with E-state index in [4.69, 9.17) is 5.11 Å². The van der Waals surface area contributed by atoms with Crippen molar-refractivity contribution >= 4 is 23.8 Å². The van der Waals surface area contributed by atoms with Crippen molar-refractivity contribution in [2.45, 2.75) is 37.8 Å². The van der Waals surface area contributed by atoms with Crippen molar-refractivity contribution in [1.29, 1.82) is 0 Å². The predicted molar refractivity (Wildman–Crippen MR) is 102 cm³/mol. The van der Waals surface area contributed by atoms with Gasteiger partial charge in [-0.25, -0.2) is 4.79 Å². The van der Waals surface area contributed by atoms with Gasteiger partial charge < -0.3 is 20.0 Å². The van der Waals surface area contributed by atoms with Gasteiger partial charge in [-0.15, -0.1) is 0 Å². The van der Waals surface area contributed by atoms with Crippen LogP contribution in [0.2, 0.25) is 0 Å². The average molecular weight is 403 g/mol. The number of aliphatic carboxylic acids is 1. The van der Waals surface area contributed by atoms with Crippen molar-refractivity contribution in [3.63, 3.8) is 0 Å². The van der Waals surface area contributed by atoms with Crippen LogP contribution in [-0.4, -0.2) is 80.5 Å². The molecule has 4 amide bonds. The Balaban J connectivity index is 1.78. The van der Waals surface area contributed by atoms with E-state index in [0.717, 1.165) is 10.5 Å². The molecule has 0 saturated carbocycles. The smallest absolute Gasteiger partial charge is 0.328 e. The number of benzene rings is 1. The third-order valence-corrected chi connectivity index (χ3v) is 5.62. The molecule has 2 aliphatic rings. The Kier molecular flexibility index (Phi) is 6.17. The van der Waals surface area contributed by atoms with Crippen LogP contribution in [0.1, 0.15) is 31.2 Å². The minimum absolute atomic E-state index is 0.0635. The van der Waals surface area contributed by atoms with Crippen LogP contribution in [0.5, 0.6) is 0 Å². The fourth-order valence-corrected chi connectivity index (χ4v) is 4.05. The zero-order valence-electron chi connectivity index (χ0n) is 16.1. The summed E-state index contributed by atoms with van der Waals surface area (Å²) in [6.45, 7) is 0.435. The molecule has 0 aliphatic carbocycles. The minimum atomic E-state index is -1.05. The van der Waals surface area contributed by atoms with Crippen molar-refractivity contribution in [3.05, 3.63) is 35.9 Å². The van der Waals surface area contributed by atoms with Crippen molar-refractivity contribution < 1.29 is 29.4 Å². The lowest BCUT2D eigenvalue weighted by Gasteiger charge is -2.42. The number of amides is 4. The minimum Gasteiger partial charge on any atom is -0.481 e. The van der Waals surface area contributed by atoms with Gasteiger partial charge in [0.05, 0.1) is 19.6 Å². The number of piperidine rings is 1. The highest BCUT2D eigenvalue weighted by Gasteiger charge is 2.57. The number of carbonyl (C=O) groups is 4. The Morgan fingerprint density at radius 3 is 2.28 bits per heavy atom. The average Bonchev–Trinajstić information content (AvgIpc) is 2.90. The van der Waals surface area contributed by atoms with E-state index >= 15 is 0 Å². The van der Waals surface area contributed by atoms with Crippen molar-refractivity contribution in [2.24, 2.45) is 0 Å². The first-order valence-electron chi connectivity index (χ1n) is 9.67. The van der Waals surface area contributed by atoms with Crippen molar-refractivity contribution in [1.82, 2.24) is 14.7 Å². The maximum atomic E-state index is 13.1. The maximum Gasteiger partial charge on any atom is 0.328 e. The molecule has 1 aromatic rings. The molecule has 0 radical (unpaired) electrons. The Bertz CT molecular complexity index is 789. The molecule has 2 saturated heterocycles. The second-order valence-electron chi connectivity index (χ2n) is 7.34. The van der Waals surface area contributed by atoms with Gasteiger partial charge in [-0.2, -0.15) is 0 Å². The molecule has 2 fully saturated rings. The fourth-order valence-electron chi connectivity index (χ4n) is 4.05. The number of carbonyl (C=O) groups excluding carboxylic acids is 3. The number of hydrogen-bond donors (Lipinski definition) is 2. The standard InChI is InChI=1S/C20H25N3O6/c24-13-12-22-18(28)20(23(19(22)29)14-15-4-2-1-3-5-15)8-10-21(11-9-20)16(25)6-7-17(26)27/h1-5,24H,6-14H2,(H,26,27). The Morgan fingerprint density at radius 1 is 1.03 bits per heavy atom. The van der Waals surface area contributed by atoms with Crippen molar-refractivity contribution in [2.75, 3.05) is 26.2 Å². The Labute approximate surface area is 168 Å². The molecule has 0 unspecified atom stereocenters. The Hall–Kier alpha value is -2.94. The van der Waals surface area contributed by atoms with Crippen LogP contribution in [-0.2, 0) is 20.9 Å². The Morgan fingerprint density at radius 2 is 1.69 bits per heavy atom. The molecule has 0 aromatic heterocycles. The molecule has 9 nitrogen and oxygen atoms in total. The van der Waals surface area contributed by atoms with Gasteiger partial charge >= 0.3 is 12.0 Å². The summed E-state index contributed by atoms with van der Waals surface area (Å²) in [5.74, 6) is -1.64. The lowest BCUT2D eigenvalue weighted by Crippen LogP contribution is -2.57. The highest BCUT2D eigenvalue weighted by atomic mass is 16.4. The second kappa shape index (κ2) is 8.60. The van der Waals surface area contributed by atoms with Gasteiger partial charge in [0.1, 0.15) is 5.54 Å². The van der Waals surface area contributed by atoms with E-state index in [0.29, 0.717) is 0 Å². The van der Waals surface area contributed by atoms with E-state index in [1.807, 2.05) is 30.3 Å². The molecular formula is C20H25N3O6. The van der Waals surface area contributed by atoms with Crippen LogP contribution in [0.3, 0.4) is 0 Å². The SMILES string of the molecule is O=C(O)CCC(=O)N1CCC2(CC1)C(=O)N(CCO)C(=O)N2Cc1ccccc1. The molecule has 0 atom stereocenters. The highest BCUT2D eigenvalue weighted by molar-refractivity contribution is 6.07. The number of imide groups is 1. The predicted octanol–water partition coefficient (Wildman–Crippen LogP) is 0.669. The summed E-state index contributed by atoms with van der Waals surface area (Å²) in [7, 11) is 0. The van der Waals surface area contributed by atoms with Gasteiger partial charge in [0.25, 0.3) is 5.91 Å². The lowest BCUT2D eigenvalue weighted by molar-refractivity contribution is -0.143. The summed E-state index contributed by atoms with van der Waals surface area (Å²) < 4.78 is 0. The molecule has 29 heavy (non-hydrogen) atoms. The number of nitrogens with zero attached hydrogens (tertiary/aromatic N) is 3. The number of likely N-dealkylation sites (tertiary alicyclic amines) is 1. The second-order valence-corrected chi connectivity index (χ2v) is 7.34. The van der Waals surface area contributed by atoms with Crippen LogP contribution in [0.15, 0.2) is 30.3 Å². The zero-order chi connectivity index (χ0) is 21.0. The van der Waals surface area contributed by atoms with Crippen LogP contribution < -0.4 is 0 Å². The third kappa shape index (κ3) is 4.09. The summed E-state index contributed by atoms with van der Waals surface area (Å²) in [6, 6.07) is 8.92. The molecule has 2 N–H and O–H groups in total. The number of β-amino-alcohol motifs (C(OH)–C–C–N with tert-alkyl or cyclic N) is 1. The third-order valence-electron chi connectivity index (χ3n) is 5.62. The normalized spacial score (nSPS) is 18.6. The number of carboxylic acid groups (broad SMARTS) is 1. The van der Waals surface area contributed by atoms with Crippen LogP contribution in [0, 0.1) is 0 Å². The number of aliphatic hydroxyl groups excluding tert-OH is 1. The van der Waals surface area contributed by atoms with E-state index in [2.05, 4.69) is 0 Å². The van der Waals surface area contributed by atoms with Gasteiger partial charge in [0, 0.05) is 26.1 Å². The molecular weight excluding hydrogens is 378 g/mol. The van der Waals surface area contributed by atoms with Crippen LogP contribution in [0.25, 0.3) is 0 Å². The molecule has 0 bridgehead atoms. The molecule has 2 aliphatic heterocycles. The van der Waals surface area contributed by atoms with Gasteiger partial charge in [-0.3, -0.25) is 19.3 Å². The fraction of sp³-hybridized carbons (Fsp3) is 0.500. The van der Waals surface area contributed by atoms with Crippen LogP contribution in [0.4, 0.5) is 4.79 Å². The summed E-state index contributed by atoms with van der Waals surface area (Å²) in [4.78, 5) is 53.2. The van der Waals surface area contributed by atoms with E-state index in [9.17, 15) is 24.3 Å². The number of urea groups is 1. The molecule has 9 heteroatoms. The number of hydrogen-bond acceptors (Lipinski definition) is 5. The topological polar surface area (TPSA) is 118 Å². The number of aliphatic hydroxyl groups is 1. The van der Waals surface area contributed by atoms with E-state index < -0.39 is 17.5 Å². The molecule has 156 valence electrons. The molecule has 1 aromatic carbocycles.